The van der Waals surface area contributed by atoms with Gasteiger partial charge in [0.2, 0.25) is 30.1 Å². The van der Waals surface area contributed by atoms with Gasteiger partial charge in [-0.15, -0.1) is 0 Å². The standard InChI is InChI=1S/C46H50N8O6.C32H25N3O5.C15H28N4O2.3CH4/c1-3-32(26-49-53-45(58)48-25-29-21-23-31(24-22-29)43(56)47-2)50-40(55)27-54-39-20-12-11-19-37(39)41(30-13-5-4-6-14-30)51-42(44(54)57)52-46(59)60-28-38-35-17-9-7-15-33(35)34-16-8-10-18-36(34)38;36-28(37)18-35-27-17-9-8-16-25(27)29(20-10-2-1-3-11-20)33-30(31(35)38)34-32(39)40-19-26-23-14-6-4-12-21(23)22-13-5-7-15-24(22)26;1-4-11(2)9-18-19-15(21)17-10-12-5-7-13(8-6-12)14(20)16-3;;;/h4-20,26,29,31-32,38,42H,3,21-25,27-28H2,1-2H3,(H,47,56)(H,50,55)(H,52,59)(H2,48,53,58);1-17,26,30H,18-19H2,(H,34,39)(H,36,37);9,11-13H,4-8,10H2,1-3H3,(H,16,20)(H2,17,19,21);3*1H4/b49-26+;;18-9+;;;/t29?,31?,32-,42?;;11-,12?,13?;;;/m0.0.../s1. The molecule has 2 unspecified atom stereocenters. The van der Waals surface area contributed by atoms with E-state index in [1.54, 1.807) is 56.7 Å². The second-order valence-electron chi connectivity index (χ2n) is 30.5. The van der Waals surface area contributed by atoms with Gasteiger partial charge in [-0.1, -0.05) is 237 Å². The Bertz CT molecular complexity index is 5070. The van der Waals surface area contributed by atoms with Crippen LogP contribution >= 0.6 is 0 Å². The summed E-state index contributed by atoms with van der Waals surface area (Å²) in [6.07, 6.45) is 7.20. The van der Waals surface area contributed by atoms with Crippen molar-refractivity contribution in [2.75, 3.05) is 63.3 Å². The van der Waals surface area contributed by atoms with E-state index in [1.807, 2.05) is 172 Å². The van der Waals surface area contributed by atoms with Gasteiger partial charge in [0.05, 0.1) is 28.8 Å². The van der Waals surface area contributed by atoms with Crippen molar-refractivity contribution in [2.24, 2.45) is 49.8 Å². The molecule has 28 nitrogen and oxygen atoms in total. The number of nitrogens with one attached hydrogen (secondary N) is 9. The first-order chi connectivity index (χ1) is 58.8. The largest absolute Gasteiger partial charge is 0.480 e. The predicted molar refractivity (Wildman–Crippen MR) is 484 cm³/mol. The molecule has 11 amide bonds. The topological polar surface area (TPSA) is 374 Å². The van der Waals surface area contributed by atoms with E-state index in [-0.39, 0.29) is 82.9 Å². The number of urea groups is 2. The fourth-order valence-corrected chi connectivity index (χ4v) is 16.0. The number of nitrogens with zero attached hydrogens (tertiary/aromatic N) is 6. The Morgan fingerprint density at radius 1 is 0.460 bits per heavy atom. The lowest BCUT2D eigenvalue weighted by Gasteiger charge is -2.27. The molecule has 8 aromatic rings. The molecule has 0 spiro atoms. The summed E-state index contributed by atoms with van der Waals surface area (Å²) < 4.78 is 11.5. The van der Waals surface area contributed by atoms with E-state index in [9.17, 15) is 53.1 Å². The number of ether oxygens (including phenoxy) is 2. The van der Waals surface area contributed by atoms with Crippen molar-refractivity contribution in [3.63, 3.8) is 0 Å². The van der Waals surface area contributed by atoms with Crippen LogP contribution in [0, 0.1) is 29.6 Å². The number of fused-ring (bicyclic) bond motifs is 8. The molecule has 0 radical (unpaired) electrons. The summed E-state index contributed by atoms with van der Waals surface area (Å²) in [6, 6.07) is 63.4. The maximum absolute atomic E-state index is 14.5. The fraction of sp³-hybridized carbons (Fsp3) is 0.354. The number of carboxylic acid groups (broad SMARTS) is 1. The molecule has 0 saturated heterocycles. The van der Waals surface area contributed by atoms with Crippen LogP contribution in [0.1, 0.15) is 164 Å². The zero-order valence-corrected chi connectivity index (χ0v) is 68.4. The first-order valence-corrected chi connectivity index (χ1v) is 41.2. The van der Waals surface area contributed by atoms with Gasteiger partial charge in [0.1, 0.15) is 26.3 Å². The third-order valence-electron chi connectivity index (χ3n) is 22.7. The maximum atomic E-state index is 14.5. The van der Waals surface area contributed by atoms with Crippen molar-refractivity contribution in [3.05, 3.63) is 251 Å². The number of hydrogen-bond acceptors (Lipinski definition) is 16. The lowest BCUT2D eigenvalue weighted by molar-refractivity contribution is -0.137. The number of carbonyl (C=O) groups excluding carboxylic acids is 9. The average molecular weight is 1690 g/mol. The Kier molecular flexibility index (Phi) is 34.8. The molecule has 28 heteroatoms. The van der Waals surface area contributed by atoms with Crippen LogP contribution < -0.4 is 57.9 Å². The summed E-state index contributed by atoms with van der Waals surface area (Å²) in [5.74, 6) is -1.86. The van der Waals surface area contributed by atoms with Crippen LogP contribution in [0.2, 0.25) is 0 Å². The van der Waals surface area contributed by atoms with Crippen LogP contribution in [-0.2, 0) is 38.2 Å². The highest BCUT2D eigenvalue weighted by Gasteiger charge is 2.39. The van der Waals surface area contributed by atoms with Gasteiger partial charge in [-0.3, -0.25) is 49.2 Å². The molecule has 0 aromatic heterocycles. The molecular weight excluding hydrogens is 1570 g/mol. The van der Waals surface area contributed by atoms with Gasteiger partial charge in [0.25, 0.3) is 11.8 Å². The summed E-state index contributed by atoms with van der Waals surface area (Å²) in [7, 11) is 3.33. The number of rotatable bonds is 25. The molecule has 124 heavy (non-hydrogen) atoms. The minimum atomic E-state index is -1.42. The number of anilines is 2. The van der Waals surface area contributed by atoms with Crippen molar-refractivity contribution in [1.82, 2.24) is 48.1 Å². The van der Waals surface area contributed by atoms with E-state index >= 15 is 0 Å². The Balaban J connectivity index is 0.000000234. The van der Waals surface area contributed by atoms with E-state index in [4.69, 9.17) is 14.5 Å². The van der Waals surface area contributed by atoms with E-state index in [2.05, 4.69) is 82.3 Å². The zero-order chi connectivity index (χ0) is 85.3. The minimum absolute atomic E-state index is 0. The first kappa shape index (κ1) is 94.2. The van der Waals surface area contributed by atoms with Crippen LogP contribution in [0.5, 0.6) is 0 Å². The third kappa shape index (κ3) is 23.9. The number of carbonyl (C=O) groups is 10. The van der Waals surface area contributed by atoms with Crippen molar-refractivity contribution in [1.29, 1.82) is 0 Å². The van der Waals surface area contributed by atoms with Gasteiger partial charge in [-0.2, -0.15) is 10.2 Å². The molecule has 0 bridgehead atoms. The number of benzodiazepines with no additional fused rings is 2. The normalized spacial score (nSPS) is 18.2. The van der Waals surface area contributed by atoms with Crippen molar-refractivity contribution >= 4 is 95.0 Å². The number of para-hydroxylation sites is 2. The number of alkyl carbamates (subject to hydrolysis) is 2. The Morgan fingerprint density at radius 2 is 0.806 bits per heavy atom. The van der Waals surface area contributed by atoms with Crippen LogP contribution in [0.15, 0.2) is 226 Å². The van der Waals surface area contributed by atoms with Crippen molar-refractivity contribution < 1.29 is 62.5 Å². The number of hydrogen-bond donors (Lipinski definition) is 10. The maximum Gasteiger partial charge on any atom is 0.409 e. The van der Waals surface area contributed by atoms with E-state index in [1.165, 1.54) is 11.1 Å². The Labute approximate surface area is 725 Å². The summed E-state index contributed by atoms with van der Waals surface area (Å²) in [6.45, 7) is 6.22. The minimum Gasteiger partial charge on any atom is -0.480 e. The molecule has 4 atom stereocenters. The summed E-state index contributed by atoms with van der Waals surface area (Å²) >= 11 is 0. The highest BCUT2D eigenvalue weighted by molar-refractivity contribution is 6.22. The Hall–Kier alpha value is -13.7. The molecule has 2 aliphatic heterocycles. The fourth-order valence-electron chi connectivity index (χ4n) is 16.0. The predicted octanol–water partition coefficient (Wildman–Crippen LogP) is 14.1. The quantitative estimate of drug-likeness (QED) is 0.0188. The highest BCUT2D eigenvalue weighted by Crippen LogP contribution is 2.46. The first-order valence-electron chi connectivity index (χ1n) is 41.2. The molecule has 8 aromatic carbocycles. The summed E-state index contributed by atoms with van der Waals surface area (Å²) in [4.78, 5) is 140. The smallest absolute Gasteiger partial charge is 0.409 e. The van der Waals surface area contributed by atoms with Gasteiger partial charge in [0.15, 0.2) is 0 Å². The second-order valence-corrected chi connectivity index (χ2v) is 30.5. The van der Waals surface area contributed by atoms with Gasteiger partial charge >= 0.3 is 30.2 Å². The van der Waals surface area contributed by atoms with E-state index < -0.39 is 73.4 Å². The van der Waals surface area contributed by atoms with Crippen LogP contribution in [-0.4, -0.2) is 161 Å². The second kappa shape index (κ2) is 45.8. The van der Waals surface area contributed by atoms with E-state index in [0.29, 0.717) is 65.3 Å². The van der Waals surface area contributed by atoms with Crippen molar-refractivity contribution in [3.8, 4) is 22.3 Å². The number of carboxylic acids is 1. The molecule has 10 N–H and O–H groups in total. The zero-order valence-electron chi connectivity index (χ0n) is 68.4. The highest BCUT2D eigenvalue weighted by atomic mass is 16.6. The monoisotopic (exact) mass is 1690 g/mol. The molecule has 6 aliphatic rings. The lowest BCUT2D eigenvalue weighted by Crippen LogP contribution is -2.51. The molecule has 2 heterocycles. The number of aliphatic imine (C=N–C) groups is 2. The molecular formula is C96H115N15O13. The molecule has 2 fully saturated rings. The lowest BCUT2D eigenvalue weighted by atomic mass is 9.81. The SMILES string of the molecule is C.C.C.CC[C@@H](/C=N/NC(=O)NCC1CCC(C(=O)NC)CC1)NC(=O)CN1C(=O)C(NC(=O)OCC2c3ccccc3-c3ccccc32)N=C(c2ccccc2)c2ccccc21.CC[C@H](C)/C=N/NC(=O)NCC1CCC(C(=O)NC)CC1.O=C(O)CN1C(=O)C(NC(=O)OCC2c3ccccc3-c3ccccc32)N=C(c2ccccc2)c2ccccc21. The Morgan fingerprint density at radius 3 is 1.17 bits per heavy atom. The van der Waals surface area contributed by atoms with Crippen molar-refractivity contribution in [2.45, 2.75) is 137 Å². The molecule has 2 saturated carbocycles. The average Bonchev–Trinajstić information content (AvgIpc) is 1.62. The number of aliphatic carboxylic acids is 1. The number of benzene rings is 8. The van der Waals surface area contributed by atoms with Gasteiger partial charge in [-0.25, -0.2) is 40.0 Å². The van der Waals surface area contributed by atoms with Gasteiger partial charge < -0.3 is 41.2 Å². The molecule has 652 valence electrons. The summed E-state index contributed by atoms with van der Waals surface area (Å²) in [5.41, 5.74) is 17.9. The number of amides is 11. The van der Waals surface area contributed by atoms with Crippen LogP contribution in [0.3, 0.4) is 0 Å². The van der Waals surface area contributed by atoms with Gasteiger partial charge in [0, 0.05) is 85.5 Å². The van der Waals surface area contributed by atoms with Crippen LogP contribution in [0.4, 0.5) is 30.6 Å². The van der Waals surface area contributed by atoms with E-state index in [0.717, 1.165) is 118 Å². The summed E-state index contributed by atoms with van der Waals surface area (Å²) in [5, 5.41) is 36.8. The third-order valence-corrected chi connectivity index (χ3v) is 22.7. The molecule has 14 rings (SSSR count). The van der Waals surface area contributed by atoms with Crippen LogP contribution in [0.25, 0.3) is 22.3 Å². The molecule has 4 aliphatic carbocycles. The van der Waals surface area contributed by atoms with Gasteiger partial charge in [-0.05, 0) is 139 Å². The number of hydrazone groups is 2.